The van der Waals surface area contributed by atoms with Gasteiger partial charge in [0, 0.05) is 16.7 Å². The highest BCUT2D eigenvalue weighted by Crippen LogP contribution is 2.34. The largest absolute Gasteiger partial charge is 0.507 e. The van der Waals surface area contributed by atoms with E-state index in [4.69, 9.17) is 0 Å². The molecule has 0 radical (unpaired) electrons. The third kappa shape index (κ3) is 2.99. The number of aliphatic hydroxyl groups excluding tert-OH is 1. The Hall–Kier alpha value is -1.90. The summed E-state index contributed by atoms with van der Waals surface area (Å²) in [5.74, 6) is -0.281. The zero-order chi connectivity index (χ0) is 16.3. The van der Waals surface area contributed by atoms with E-state index in [-0.39, 0.29) is 5.76 Å². The molecule has 3 heteroatoms. The minimum atomic E-state index is -0.543. The molecular formula is C19H24O3. The van der Waals surface area contributed by atoms with E-state index in [1.165, 1.54) is 0 Å². The van der Waals surface area contributed by atoms with Gasteiger partial charge in [-0.05, 0) is 18.3 Å². The van der Waals surface area contributed by atoms with E-state index in [2.05, 4.69) is 20.8 Å². The topological polar surface area (TPSA) is 54.4 Å². The lowest BCUT2D eigenvalue weighted by atomic mass is 9.79. The molecule has 2 rings (SSSR count). The van der Waals surface area contributed by atoms with Crippen LogP contribution in [0.25, 0.3) is 5.76 Å². The number of hydrogen-bond donors (Lipinski definition) is 1. The zero-order valence-corrected chi connectivity index (χ0v) is 13.6. The van der Waals surface area contributed by atoms with E-state index in [1.54, 1.807) is 24.3 Å². The Labute approximate surface area is 132 Å². The molecule has 3 nitrogen and oxygen atoms in total. The second kappa shape index (κ2) is 6.91. The van der Waals surface area contributed by atoms with Crippen LogP contribution in [0, 0.1) is 11.8 Å². The first-order valence-corrected chi connectivity index (χ1v) is 8.11. The Bertz CT molecular complexity index is 613. The number of rotatable bonds is 6. The van der Waals surface area contributed by atoms with E-state index in [0.29, 0.717) is 35.0 Å². The smallest absolute Gasteiger partial charge is 0.234 e. The number of hydrogen-bond acceptors (Lipinski definition) is 3. The zero-order valence-electron chi connectivity index (χ0n) is 13.6. The summed E-state index contributed by atoms with van der Waals surface area (Å²) >= 11 is 0. The summed E-state index contributed by atoms with van der Waals surface area (Å²) in [5.41, 5.74) is 1.09. The molecule has 1 aliphatic carbocycles. The second-order valence-electron chi connectivity index (χ2n) is 6.17. The van der Waals surface area contributed by atoms with Crippen molar-refractivity contribution in [3.8, 4) is 0 Å². The number of carbonyl (C=O) groups excluding carboxylic acids is 2. The van der Waals surface area contributed by atoms with Crippen LogP contribution in [0.2, 0.25) is 0 Å². The van der Waals surface area contributed by atoms with E-state index in [9.17, 15) is 14.7 Å². The Morgan fingerprint density at radius 1 is 1.05 bits per heavy atom. The van der Waals surface area contributed by atoms with Gasteiger partial charge in [0.1, 0.15) is 5.76 Å². The summed E-state index contributed by atoms with van der Waals surface area (Å²) in [6.45, 7) is 6.42. The molecule has 0 aliphatic heterocycles. The average Bonchev–Trinajstić information content (AvgIpc) is 2.53. The van der Waals surface area contributed by atoms with Gasteiger partial charge in [-0.25, -0.2) is 0 Å². The van der Waals surface area contributed by atoms with E-state index in [1.807, 2.05) is 0 Å². The van der Waals surface area contributed by atoms with Crippen LogP contribution in [0.5, 0.6) is 0 Å². The van der Waals surface area contributed by atoms with Crippen LogP contribution in [0.15, 0.2) is 29.8 Å². The Balaban J connectivity index is 2.37. The van der Waals surface area contributed by atoms with E-state index in [0.717, 1.165) is 19.3 Å². The number of aliphatic hydroxyl groups is 1. The second-order valence-corrected chi connectivity index (χ2v) is 6.17. The summed E-state index contributed by atoms with van der Waals surface area (Å²) < 4.78 is 0. The molecular weight excluding hydrogens is 276 g/mol. The molecule has 2 unspecified atom stereocenters. The normalized spacial score (nSPS) is 17.4. The molecule has 0 aromatic heterocycles. The molecule has 1 aliphatic rings. The Kier molecular flexibility index (Phi) is 5.17. The minimum absolute atomic E-state index is 0.0117. The van der Waals surface area contributed by atoms with Gasteiger partial charge in [-0.3, -0.25) is 9.59 Å². The number of benzene rings is 1. The van der Waals surface area contributed by atoms with Crippen molar-refractivity contribution in [2.45, 2.75) is 46.5 Å². The van der Waals surface area contributed by atoms with Crippen LogP contribution < -0.4 is 0 Å². The SMILES string of the molecule is CCCC(C)C(CC)CC1=C(O)c2ccccc2C(=O)C1=O. The number of fused-ring (bicyclic) bond motifs is 1. The molecule has 1 N–H and O–H groups in total. The van der Waals surface area contributed by atoms with Crippen molar-refractivity contribution in [1.82, 2.24) is 0 Å². The summed E-state index contributed by atoms with van der Waals surface area (Å²) in [7, 11) is 0. The Morgan fingerprint density at radius 3 is 2.27 bits per heavy atom. The minimum Gasteiger partial charge on any atom is -0.507 e. The molecule has 0 heterocycles. The highest BCUT2D eigenvalue weighted by Gasteiger charge is 2.34. The van der Waals surface area contributed by atoms with Crippen LogP contribution in [-0.4, -0.2) is 16.7 Å². The summed E-state index contributed by atoms with van der Waals surface area (Å²) in [6, 6.07) is 6.78. The first-order valence-electron chi connectivity index (χ1n) is 8.11. The Morgan fingerprint density at radius 2 is 1.68 bits per heavy atom. The molecule has 0 saturated heterocycles. The highest BCUT2D eigenvalue weighted by molar-refractivity contribution is 6.52. The molecule has 118 valence electrons. The van der Waals surface area contributed by atoms with Gasteiger partial charge >= 0.3 is 0 Å². The maximum atomic E-state index is 12.4. The van der Waals surface area contributed by atoms with Crippen LogP contribution in [0.3, 0.4) is 0 Å². The molecule has 1 aromatic carbocycles. The van der Waals surface area contributed by atoms with Gasteiger partial charge in [0.2, 0.25) is 11.6 Å². The van der Waals surface area contributed by atoms with E-state index >= 15 is 0 Å². The van der Waals surface area contributed by atoms with Gasteiger partial charge < -0.3 is 5.11 Å². The standard InChI is InChI=1S/C19H24O3/c1-4-8-12(3)13(5-2)11-16-17(20)14-9-6-7-10-15(14)18(21)19(16)22/h6-7,9-10,12-13,20H,4-5,8,11H2,1-3H3. The van der Waals surface area contributed by atoms with Gasteiger partial charge in [-0.2, -0.15) is 0 Å². The number of allylic oxidation sites excluding steroid dienone is 1. The lowest BCUT2D eigenvalue weighted by molar-refractivity contribution is -0.112. The monoisotopic (exact) mass is 300 g/mol. The third-order valence-corrected chi connectivity index (χ3v) is 4.73. The lowest BCUT2D eigenvalue weighted by Crippen LogP contribution is -2.26. The molecule has 2 atom stereocenters. The van der Waals surface area contributed by atoms with Crippen molar-refractivity contribution in [3.05, 3.63) is 41.0 Å². The molecule has 1 aromatic rings. The van der Waals surface area contributed by atoms with Crippen molar-refractivity contribution >= 4 is 17.3 Å². The summed E-state index contributed by atoms with van der Waals surface area (Å²) in [5, 5.41) is 10.5. The van der Waals surface area contributed by atoms with Crippen molar-refractivity contribution < 1.29 is 14.7 Å². The lowest BCUT2D eigenvalue weighted by Gasteiger charge is -2.25. The van der Waals surface area contributed by atoms with Gasteiger partial charge in [0.05, 0.1) is 0 Å². The van der Waals surface area contributed by atoms with Crippen molar-refractivity contribution in [1.29, 1.82) is 0 Å². The fraction of sp³-hybridized carbons (Fsp3) is 0.474. The maximum absolute atomic E-state index is 12.4. The van der Waals surface area contributed by atoms with Crippen molar-refractivity contribution in [2.24, 2.45) is 11.8 Å². The fourth-order valence-electron chi connectivity index (χ4n) is 3.31. The first-order chi connectivity index (χ1) is 10.5. The van der Waals surface area contributed by atoms with Gasteiger partial charge in [-0.15, -0.1) is 0 Å². The van der Waals surface area contributed by atoms with Crippen LogP contribution in [0.4, 0.5) is 0 Å². The molecule has 0 bridgehead atoms. The predicted octanol–water partition coefficient (Wildman–Crippen LogP) is 4.57. The van der Waals surface area contributed by atoms with Crippen LogP contribution >= 0.6 is 0 Å². The van der Waals surface area contributed by atoms with Gasteiger partial charge in [0.15, 0.2) is 0 Å². The fourth-order valence-corrected chi connectivity index (χ4v) is 3.31. The van der Waals surface area contributed by atoms with Crippen molar-refractivity contribution in [3.63, 3.8) is 0 Å². The van der Waals surface area contributed by atoms with Crippen molar-refractivity contribution in [2.75, 3.05) is 0 Å². The molecule has 22 heavy (non-hydrogen) atoms. The summed E-state index contributed by atoms with van der Waals surface area (Å²) in [4.78, 5) is 24.6. The first kappa shape index (κ1) is 16.5. The maximum Gasteiger partial charge on any atom is 0.234 e. The number of Topliss-reactive ketones (excluding diaryl/α,β-unsaturated/α-hetero) is 2. The van der Waals surface area contributed by atoms with Gasteiger partial charge in [-0.1, -0.05) is 64.3 Å². The molecule has 0 spiro atoms. The predicted molar refractivity (Wildman–Crippen MR) is 87.8 cm³/mol. The third-order valence-electron chi connectivity index (χ3n) is 4.73. The van der Waals surface area contributed by atoms with Crippen LogP contribution in [-0.2, 0) is 4.79 Å². The van der Waals surface area contributed by atoms with Gasteiger partial charge in [0.25, 0.3) is 0 Å². The molecule has 0 fully saturated rings. The molecule has 0 amide bonds. The average molecular weight is 300 g/mol. The quantitative estimate of drug-likeness (QED) is 0.783. The van der Waals surface area contributed by atoms with E-state index < -0.39 is 11.6 Å². The van der Waals surface area contributed by atoms with Crippen LogP contribution in [0.1, 0.15) is 62.4 Å². The number of ketones is 2. The summed E-state index contributed by atoms with van der Waals surface area (Å²) in [6.07, 6.45) is 3.59. The highest BCUT2D eigenvalue weighted by atomic mass is 16.3. The molecule has 0 saturated carbocycles. The number of carbonyl (C=O) groups is 2.